The molecule has 2 rings (SSSR count). The Bertz CT molecular complexity index is 742. The van der Waals surface area contributed by atoms with Crippen LogP contribution in [0, 0.1) is 0 Å². The summed E-state index contributed by atoms with van der Waals surface area (Å²) >= 11 is 5.66. The van der Waals surface area contributed by atoms with Gasteiger partial charge in [-0.3, -0.25) is 4.79 Å². The molecule has 5 nitrogen and oxygen atoms in total. The van der Waals surface area contributed by atoms with E-state index < -0.39 is 11.6 Å². The van der Waals surface area contributed by atoms with Crippen molar-refractivity contribution in [1.29, 1.82) is 0 Å². The molecule has 0 aliphatic rings. The molecule has 0 bridgehead atoms. The smallest absolute Gasteiger partial charge is 0.344 e. The van der Waals surface area contributed by atoms with Crippen LogP contribution in [0.25, 0.3) is 11.0 Å². The van der Waals surface area contributed by atoms with E-state index in [1.807, 2.05) is 0 Å². The summed E-state index contributed by atoms with van der Waals surface area (Å²) in [7, 11) is 0. The average molecular weight is 325 g/mol. The standard InChI is InChI=1S/C16H17ClO5/c1-16(2,3)22-15(19)9-20-10-4-5-14-12(6-10)13(18)7-11(8-17)21-14/h4-7H,8-9H2,1-3H3. The molecule has 0 amide bonds. The Morgan fingerprint density at radius 1 is 1.27 bits per heavy atom. The Labute approximate surface area is 132 Å². The molecule has 0 spiro atoms. The molecule has 0 fully saturated rings. The monoisotopic (exact) mass is 324 g/mol. The van der Waals surface area contributed by atoms with Crippen LogP contribution < -0.4 is 10.2 Å². The van der Waals surface area contributed by atoms with Gasteiger partial charge in [-0.05, 0) is 39.0 Å². The van der Waals surface area contributed by atoms with Gasteiger partial charge in [0.1, 0.15) is 22.7 Å². The Morgan fingerprint density at radius 2 is 2.00 bits per heavy atom. The highest BCUT2D eigenvalue weighted by atomic mass is 35.5. The van der Waals surface area contributed by atoms with Crippen molar-refractivity contribution < 1.29 is 18.7 Å². The first-order chi connectivity index (χ1) is 10.3. The molecule has 118 valence electrons. The lowest BCUT2D eigenvalue weighted by Crippen LogP contribution is -2.27. The minimum Gasteiger partial charge on any atom is -0.482 e. The van der Waals surface area contributed by atoms with Crippen molar-refractivity contribution in [2.45, 2.75) is 32.3 Å². The third-order valence-corrected chi connectivity index (χ3v) is 2.92. The van der Waals surface area contributed by atoms with Gasteiger partial charge in [0.25, 0.3) is 0 Å². The molecule has 6 heteroatoms. The van der Waals surface area contributed by atoms with E-state index in [1.54, 1.807) is 32.9 Å². The topological polar surface area (TPSA) is 65.7 Å². The number of fused-ring (bicyclic) bond motifs is 1. The minimum absolute atomic E-state index is 0.127. The zero-order valence-corrected chi connectivity index (χ0v) is 13.4. The molecule has 0 aliphatic heterocycles. The fraction of sp³-hybridized carbons (Fsp3) is 0.375. The molecule has 0 N–H and O–H groups in total. The summed E-state index contributed by atoms with van der Waals surface area (Å²) in [6.45, 7) is 5.11. The van der Waals surface area contributed by atoms with Crippen LogP contribution in [-0.4, -0.2) is 18.2 Å². The van der Waals surface area contributed by atoms with Crippen LogP contribution in [0.2, 0.25) is 0 Å². The second kappa shape index (κ2) is 6.40. The van der Waals surface area contributed by atoms with Crippen molar-refractivity contribution >= 4 is 28.5 Å². The summed E-state index contributed by atoms with van der Waals surface area (Å²) in [6.07, 6.45) is 0. The van der Waals surface area contributed by atoms with Gasteiger partial charge in [0.05, 0.1) is 11.3 Å². The van der Waals surface area contributed by atoms with Gasteiger partial charge in [-0.2, -0.15) is 0 Å². The van der Waals surface area contributed by atoms with Crippen LogP contribution in [0.4, 0.5) is 0 Å². The number of rotatable bonds is 4. The molecular formula is C16H17ClO5. The van der Waals surface area contributed by atoms with Gasteiger partial charge < -0.3 is 13.9 Å². The van der Waals surface area contributed by atoms with E-state index in [2.05, 4.69) is 0 Å². The predicted octanol–water partition coefficient (Wildman–Crippen LogP) is 3.25. The first-order valence-electron chi connectivity index (χ1n) is 6.76. The van der Waals surface area contributed by atoms with Crippen LogP contribution in [-0.2, 0) is 15.4 Å². The average Bonchev–Trinajstić information content (AvgIpc) is 2.43. The highest BCUT2D eigenvalue weighted by Gasteiger charge is 2.16. The summed E-state index contributed by atoms with van der Waals surface area (Å²) in [5, 5.41) is 0.371. The molecule has 1 aromatic heterocycles. The molecule has 0 radical (unpaired) electrons. The highest BCUT2D eigenvalue weighted by molar-refractivity contribution is 6.16. The van der Waals surface area contributed by atoms with Crippen molar-refractivity contribution in [1.82, 2.24) is 0 Å². The van der Waals surface area contributed by atoms with Gasteiger partial charge in [0.15, 0.2) is 12.0 Å². The molecule has 1 aromatic carbocycles. The van der Waals surface area contributed by atoms with Crippen LogP contribution in [0.1, 0.15) is 26.5 Å². The van der Waals surface area contributed by atoms with Gasteiger partial charge in [0.2, 0.25) is 0 Å². The Balaban J connectivity index is 2.15. The number of esters is 1. The first kappa shape index (κ1) is 16.4. The number of alkyl halides is 1. The van der Waals surface area contributed by atoms with Gasteiger partial charge >= 0.3 is 5.97 Å². The molecule has 1 heterocycles. The molecular weight excluding hydrogens is 308 g/mol. The van der Waals surface area contributed by atoms with Crippen molar-refractivity contribution in [2.75, 3.05) is 6.61 Å². The van der Waals surface area contributed by atoms with Gasteiger partial charge in [-0.25, -0.2) is 4.79 Å². The van der Waals surface area contributed by atoms with E-state index in [0.717, 1.165) is 0 Å². The second-order valence-electron chi connectivity index (χ2n) is 5.74. The zero-order chi connectivity index (χ0) is 16.3. The van der Waals surface area contributed by atoms with Crippen LogP contribution in [0.3, 0.4) is 0 Å². The third kappa shape index (κ3) is 4.24. The van der Waals surface area contributed by atoms with Crippen molar-refractivity contribution in [3.63, 3.8) is 0 Å². The van der Waals surface area contributed by atoms with E-state index in [-0.39, 0.29) is 17.9 Å². The molecule has 0 unspecified atom stereocenters. The Kier molecular flexibility index (Phi) is 4.76. The molecule has 2 aromatic rings. The number of halogens is 1. The van der Waals surface area contributed by atoms with E-state index >= 15 is 0 Å². The second-order valence-corrected chi connectivity index (χ2v) is 6.01. The fourth-order valence-corrected chi connectivity index (χ4v) is 1.99. The maximum Gasteiger partial charge on any atom is 0.344 e. The fourth-order valence-electron chi connectivity index (χ4n) is 1.85. The molecule has 0 atom stereocenters. The van der Waals surface area contributed by atoms with Crippen molar-refractivity contribution in [2.24, 2.45) is 0 Å². The van der Waals surface area contributed by atoms with E-state index in [4.69, 9.17) is 25.5 Å². The lowest BCUT2D eigenvalue weighted by Gasteiger charge is -2.19. The quantitative estimate of drug-likeness (QED) is 0.638. The zero-order valence-electron chi connectivity index (χ0n) is 12.6. The maximum atomic E-state index is 12.0. The van der Waals surface area contributed by atoms with Crippen molar-refractivity contribution in [3.05, 3.63) is 40.2 Å². The summed E-state index contributed by atoms with van der Waals surface area (Å²) in [4.78, 5) is 23.6. The van der Waals surface area contributed by atoms with Gasteiger partial charge in [0, 0.05) is 6.07 Å². The number of hydrogen-bond acceptors (Lipinski definition) is 5. The highest BCUT2D eigenvalue weighted by Crippen LogP contribution is 2.20. The number of carbonyl (C=O) groups excluding carboxylic acids is 1. The minimum atomic E-state index is -0.567. The number of hydrogen-bond donors (Lipinski definition) is 0. The molecule has 22 heavy (non-hydrogen) atoms. The maximum absolute atomic E-state index is 12.0. The number of ether oxygens (including phenoxy) is 2. The molecule has 0 aliphatic carbocycles. The normalized spacial score (nSPS) is 11.5. The van der Waals surface area contributed by atoms with Crippen LogP contribution >= 0.6 is 11.6 Å². The predicted molar refractivity (Wildman–Crippen MR) is 83.4 cm³/mol. The van der Waals surface area contributed by atoms with E-state index in [9.17, 15) is 9.59 Å². The largest absolute Gasteiger partial charge is 0.482 e. The number of benzene rings is 1. The van der Waals surface area contributed by atoms with Crippen LogP contribution in [0.5, 0.6) is 5.75 Å². The summed E-state index contributed by atoms with van der Waals surface area (Å²) in [6, 6.07) is 6.10. The summed E-state index contributed by atoms with van der Waals surface area (Å²) < 4.78 is 16.0. The molecule has 0 saturated carbocycles. The van der Waals surface area contributed by atoms with E-state index in [0.29, 0.717) is 22.5 Å². The van der Waals surface area contributed by atoms with Gasteiger partial charge in [-0.1, -0.05) is 0 Å². The lowest BCUT2D eigenvalue weighted by atomic mass is 10.2. The Hall–Kier alpha value is -2.01. The van der Waals surface area contributed by atoms with Gasteiger partial charge in [-0.15, -0.1) is 11.6 Å². The van der Waals surface area contributed by atoms with Crippen molar-refractivity contribution in [3.8, 4) is 5.75 Å². The third-order valence-electron chi connectivity index (χ3n) is 2.66. The Morgan fingerprint density at radius 3 is 2.64 bits per heavy atom. The molecule has 0 saturated heterocycles. The summed E-state index contributed by atoms with van der Waals surface area (Å²) in [5.41, 5.74) is -0.351. The summed E-state index contributed by atoms with van der Waals surface area (Å²) in [5.74, 6) is 0.449. The first-order valence-corrected chi connectivity index (χ1v) is 7.29. The lowest BCUT2D eigenvalue weighted by molar-refractivity contribution is -0.157. The SMILES string of the molecule is CC(C)(C)OC(=O)COc1ccc2oc(CCl)cc(=O)c2c1. The number of carbonyl (C=O) groups is 1. The van der Waals surface area contributed by atoms with E-state index in [1.165, 1.54) is 12.1 Å². The van der Waals surface area contributed by atoms with Crippen LogP contribution in [0.15, 0.2) is 33.5 Å².